The smallest absolute Gasteiger partial charge is 0.253 e. The van der Waals surface area contributed by atoms with Crippen molar-refractivity contribution in [2.24, 2.45) is 13.0 Å². The van der Waals surface area contributed by atoms with Gasteiger partial charge in [-0.25, -0.2) is 0 Å². The number of pyridine rings is 1. The molecule has 0 amide bonds. The van der Waals surface area contributed by atoms with E-state index in [2.05, 4.69) is 12.1 Å². The predicted octanol–water partition coefficient (Wildman–Crippen LogP) is 4.38. The number of fused-ring (bicyclic) bond motifs is 1. The number of aryl methyl sites for hydroxylation is 3. The Kier molecular flexibility index (Phi) is 5.38. The van der Waals surface area contributed by atoms with Crippen LogP contribution in [0.5, 0.6) is 5.75 Å². The maximum Gasteiger partial charge on any atom is 0.253 e. The van der Waals surface area contributed by atoms with E-state index in [0.717, 1.165) is 41.0 Å². The SMILES string of the molecule is Cc1cc(-c2cc3c(c(OCC4CCCCC4)c2)CC(=O)CC3)cn(C)c1=O. The van der Waals surface area contributed by atoms with E-state index in [1.165, 1.54) is 37.7 Å². The summed E-state index contributed by atoms with van der Waals surface area (Å²) in [5, 5.41) is 0. The van der Waals surface area contributed by atoms with E-state index in [1.807, 2.05) is 19.2 Å². The minimum Gasteiger partial charge on any atom is -0.493 e. The van der Waals surface area contributed by atoms with Gasteiger partial charge < -0.3 is 9.30 Å². The molecular weight excluding hydrogens is 350 g/mol. The summed E-state index contributed by atoms with van der Waals surface area (Å²) in [6, 6.07) is 6.19. The molecule has 0 atom stereocenters. The van der Waals surface area contributed by atoms with Gasteiger partial charge in [-0.3, -0.25) is 9.59 Å². The Labute approximate surface area is 166 Å². The Hall–Kier alpha value is -2.36. The fourth-order valence-corrected chi connectivity index (χ4v) is 4.58. The molecule has 4 nitrogen and oxygen atoms in total. The van der Waals surface area contributed by atoms with Gasteiger partial charge in [0.2, 0.25) is 0 Å². The predicted molar refractivity (Wildman–Crippen MR) is 111 cm³/mol. The Bertz CT molecular complexity index is 925. The highest BCUT2D eigenvalue weighted by Gasteiger charge is 2.22. The highest BCUT2D eigenvalue weighted by molar-refractivity contribution is 5.85. The normalized spacial score (nSPS) is 17.4. The van der Waals surface area contributed by atoms with Crippen LogP contribution in [0.4, 0.5) is 0 Å². The highest BCUT2D eigenvalue weighted by atomic mass is 16.5. The third-order valence-electron chi connectivity index (χ3n) is 6.24. The summed E-state index contributed by atoms with van der Waals surface area (Å²) < 4.78 is 7.95. The van der Waals surface area contributed by atoms with Gasteiger partial charge in [0, 0.05) is 37.2 Å². The molecule has 0 saturated heterocycles. The van der Waals surface area contributed by atoms with E-state index in [1.54, 1.807) is 11.6 Å². The van der Waals surface area contributed by atoms with Crippen molar-refractivity contribution >= 4 is 5.78 Å². The molecule has 1 aromatic carbocycles. The lowest BCUT2D eigenvalue weighted by molar-refractivity contribution is -0.118. The van der Waals surface area contributed by atoms with Crippen LogP contribution in [0.25, 0.3) is 11.1 Å². The van der Waals surface area contributed by atoms with Crippen LogP contribution in [0, 0.1) is 12.8 Å². The van der Waals surface area contributed by atoms with E-state index >= 15 is 0 Å². The first-order valence-corrected chi connectivity index (χ1v) is 10.5. The number of rotatable bonds is 4. The van der Waals surface area contributed by atoms with Crippen LogP contribution in [0.1, 0.15) is 55.2 Å². The van der Waals surface area contributed by atoms with Gasteiger partial charge in [-0.1, -0.05) is 25.3 Å². The van der Waals surface area contributed by atoms with Crippen LogP contribution in [0.3, 0.4) is 0 Å². The van der Waals surface area contributed by atoms with Crippen LogP contribution >= 0.6 is 0 Å². The van der Waals surface area contributed by atoms with Crippen LogP contribution in [-0.4, -0.2) is 17.0 Å². The average molecular weight is 380 g/mol. The van der Waals surface area contributed by atoms with Crippen molar-refractivity contribution in [3.8, 4) is 16.9 Å². The van der Waals surface area contributed by atoms with E-state index in [9.17, 15) is 9.59 Å². The lowest BCUT2D eigenvalue weighted by Gasteiger charge is -2.25. The lowest BCUT2D eigenvalue weighted by atomic mass is 9.87. The number of hydrogen-bond donors (Lipinski definition) is 0. The molecule has 0 N–H and O–H groups in total. The summed E-state index contributed by atoms with van der Waals surface area (Å²) in [6.45, 7) is 2.58. The van der Waals surface area contributed by atoms with Gasteiger partial charge in [0.05, 0.1) is 6.61 Å². The fourth-order valence-electron chi connectivity index (χ4n) is 4.58. The van der Waals surface area contributed by atoms with Crippen LogP contribution in [0.2, 0.25) is 0 Å². The molecule has 0 bridgehead atoms. The number of carbonyl (C=O) groups excluding carboxylic acids is 1. The van der Waals surface area contributed by atoms with Gasteiger partial charge in [-0.15, -0.1) is 0 Å². The number of ketones is 1. The molecule has 4 rings (SSSR count). The molecule has 0 aliphatic heterocycles. The summed E-state index contributed by atoms with van der Waals surface area (Å²) in [6.07, 6.45) is 10.1. The van der Waals surface area contributed by atoms with Crippen molar-refractivity contribution in [2.75, 3.05) is 6.61 Å². The summed E-state index contributed by atoms with van der Waals surface area (Å²) in [5.41, 5.74) is 5.12. The van der Waals surface area contributed by atoms with Gasteiger partial charge in [0.1, 0.15) is 11.5 Å². The number of aromatic nitrogens is 1. The number of benzene rings is 1. The second-order valence-electron chi connectivity index (χ2n) is 8.47. The molecule has 4 heteroatoms. The highest BCUT2D eigenvalue weighted by Crippen LogP contribution is 2.35. The van der Waals surface area contributed by atoms with Crippen LogP contribution in [-0.2, 0) is 24.7 Å². The monoisotopic (exact) mass is 379 g/mol. The quantitative estimate of drug-likeness (QED) is 0.792. The molecule has 1 heterocycles. The molecular formula is C24H29NO3. The van der Waals surface area contributed by atoms with Gasteiger partial charge in [0.25, 0.3) is 5.56 Å². The first-order valence-electron chi connectivity index (χ1n) is 10.5. The number of hydrogen-bond acceptors (Lipinski definition) is 3. The number of Topliss-reactive ketones (excluding diaryl/α,β-unsaturated/α-hetero) is 1. The zero-order valence-electron chi connectivity index (χ0n) is 16.9. The second kappa shape index (κ2) is 7.94. The second-order valence-corrected chi connectivity index (χ2v) is 8.47. The molecule has 2 aliphatic rings. The molecule has 2 aliphatic carbocycles. The molecule has 0 radical (unpaired) electrons. The van der Waals surface area contributed by atoms with Crippen LogP contribution in [0.15, 0.2) is 29.2 Å². The lowest BCUT2D eigenvalue weighted by Crippen LogP contribution is -2.19. The largest absolute Gasteiger partial charge is 0.493 e. The summed E-state index contributed by atoms with van der Waals surface area (Å²) in [5.74, 6) is 1.77. The first-order chi connectivity index (χ1) is 13.5. The van der Waals surface area contributed by atoms with Gasteiger partial charge in [-0.05, 0) is 60.9 Å². The molecule has 0 unspecified atom stereocenters. The van der Waals surface area contributed by atoms with Gasteiger partial charge >= 0.3 is 0 Å². The minimum atomic E-state index is 0.0288. The van der Waals surface area contributed by atoms with Crippen molar-refractivity contribution in [2.45, 2.75) is 58.3 Å². The maximum absolute atomic E-state index is 12.1. The average Bonchev–Trinajstić information content (AvgIpc) is 2.70. The topological polar surface area (TPSA) is 48.3 Å². The molecule has 1 fully saturated rings. The van der Waals surface area contributed by atoms with Crippen molar-refractivity contribution in [1.82, 2.24) is 4.57 Å². The Morgan fingerprint density at radius 2 is 1.82 bits per heavy atom. The Balaban J connectivity index is 1.70. The third-order valence-corrected chi connectivity index (χ3v) is 6.24. The van der Waals surface area contributed by atoms with Crippen LogP contribution < -0.4 is 10.3 Å². The molecule has 148 valence electrons. The number of ether oxygens (including phenoxy) is 1. The summed E-state index contributed by atoms with van der Waals surface area (Å²) in [4.78, 5) is 24.1. The van der Waals surface area contributed by atoms with Gasteiger partial charge in [-0.2, -0.15) is 0 Å². The molecule has 0 spiro atoms. The molecule has 1 saturated carbocycles. The maximum atomic E-state index is 12.1. The zero-order valence-corrected chi connectivity index (χ0v) is 16.9. The zero-order chi connectivity index (χ0) is 19.7. The van der Waals surface area contributed by atoms with Crippen molar-refractivity contribution in [3.05, 3.63) is 51.4 Å². The third kappa shape index (κ3) is 3.91. The van der Waals surface area contributed by atoms with E-state index in [0.29, 0.717) is 24.5 Å². The Morgan fingerprint density at radius 3 is 2.57 bits per heavy atom. The summed E-state index contributed by atoms with van der Waals surface area (Å²) in [7, 11) is 1.79. The minimum absolute atomic E-state index is 0.0288. The standard InChI is InChI=1S/C24H29NO3/c1-16-10-20(14-25(2)24(16)27)19-11-18-8-9-21(26)13-22(18)23(12-19)28-15-17-6-4-3-5-7-17/h10-12,14,17H,3-9,13,15H2,1-2H3. The van der Waals surface area contributed by atoms with Crippen molar-refractivity contribution < 1.29 is 9.53 Å². The van der Waals surface area contributed by atoms with E-state index < -0.39 is 0 Å². The molecule has 28 heavy (non-hydrogen) atoms. The Morgan fingerprint density at radius 1 is 1.04 bits per heavy atom. The fraction of sp³-hybridized carbons (Fsp3) is 0.500. The molecule has 1 aromatic heterocycles. The number of carbonyl (C=O) groups is 1. The van der Waals surface area contributed by atoms with Gasteiger partial charge in [0.15, 0.2) is 0 Å². The molecule has 2 aromatic rings. The van der Waals surface area contributed by atoms with Crippen molar-refractivity contribution in [1.29, 1.82) is 0 Å². The summed E-state index contributed by atoms with van der Waals surface area (Å²) >= 11 is 0. The van der Waals surface area contributed by atoms with Crippen molar-refractivity contribution in [3.63, 3.8) is 0 Å². The first kappa shape index (κ1) is 19.0. The number of nitrogens with zero attached hydrogens (tertiary/aromatic N) is 1. The van der Waals surface area contributed by atoms with E-state index in [-0.39, 0.29) is 5.56 Å². The van der Waals surface area contributed by atoms with E-state index in [4.69, 9.17) is 4.74 Å².